The average molecular weight is 537 g/mol. The zero-order chi connectivity index (χ0) is 28.3. The second-order valence-electron chi connectivity index (χ2n) is 10.6. The number of phenolic OH excluding ortho intramolecular Hbond substituents is 1. The van der Waals surface area contributed by atoms with Gasteiger partial charge in [0.25, 0.3) is 5.91 Å². The lowest BCUT2D eigenvalue weighted by atomic mass is 9.90. The summed E-state index contributed by atoms with van der Waals surface area (Å²) in [6.07, 6.45) is 0.537. The van der Waals surface area contributed by atoms with Crippen molar-refractivity contribution < 1.29 is 29.4 Å². The van der Waals surface area contributed by atoms with E-state index < -0.39 is 53.9 Å². The third-order valence-electron chi connectivity index (χ3n) is 7.63. The van der Waals surface area contributed by atoms with E-state index in [2.05, 4.69) is 16.0 Å². The number of hydrogen-bond acceptors (Lipinski definition) is 6. The summed E-state index contributed by atoms with van der Waals surface area (Å²) in [6.45, 7) is 3.18. The molecule has 208 valence electrons. The number of nitrogens with zero attached hydrogens (tertiary/aromatic N) is 1. The van der Waals surface area contributed by atoms with Gasteiger partial charge in [0, 0.05) is 7.05 Å². The van der Waals surface area contributed by atoms with Crippen molar-refractivity contribution in [2.45, 2.75) is 63.4 Å². The molecule has 2 aliphatic rings. The van der Waals surface area contributed by atoms with E-state index in [4.69, 9.17) is 0 Å². The molecule has 1 aliphatic carbocycles. The van der Waals surface area contributed by atoms with Crippen molar-refractivity contribution in [3.8, 4) is 5.75 Å². The smallest absolute Gasteiger partial charge is 0.255 e. The van der Waals surface area contributed by atoms with Crippen molar-refractivity contribution in [2.24, 2.45) is 11.8 Å². The number of carbonyl (C=O) groups is 4. The molecule has 2 aromatic rings. The molecular weight excluding hydrogens is 500 g/mol. The molecule has 1 aliphatic heterocycles. The fraction of sp³-hybridized carbons (Fsp3) is 0.448. The molecule has 1 heterocycles. The van der Waals surface area contributed by atoms with Gasteiger partial charge in [-0.2, -0.15) is 0 Å². The molecule has 4 rings (SSSR count). The third kappa shape index (κ3) is 6.39. The largest absolute Gasteiger partial charge is 0.507 e. The monoisotopic (exact) mass is 536 g/mol. The first-order valence-corrected chi connectivity index (χ1v) is 13.3. The van der Waals surface area contributed by atoms with E-state index in [0.717, 1.165) is 18.4 Å². The molecule has 4 amide bonds. The van der Waals surface area contributed by atoms with Crippen molar-refractivity contribution in [2.75, 3.05) is 7.05 Å². The average Bonchev–Trinajstić information content (AvgIpc) is 3.75. The second-order valence-corrected chi connectivity index (χ2v) is 10.6. The molecule has 1 saturated carbocycles. The van der Waals surface area contributed by atoms with Gasteiger partial charge in [-0.25, -0.2) is 0 Å². The van der Waals surface area contributed by atoms with Gasteiger partial charge < -0.3 is 31.1 Å². The Labute approximate surface area is 227 Å². The SMILES string of the molecule is C[C@H]1NC(=O)C(C2CC2)N(C)C(=O)[C@H](C)[C@H](O)[C@H](Cc2ccccc2)NC(=O)[C@H]1NC(=O)c1ccccc1O. The highest BCUT2D eigenvalue weighted by atomic mass is 16.3. The molecule has 0 spiro atoms. The third-order valence-corrected chi connectivity index (χ3v) is 7.63. The molecule has 0 radical (unpaired) electrons. The van der Waals surface area contributed by atoms with Gasteiger partial charge in [0.05, 0.1) is 29.7 Å². The highest BCUT2D eigenvalue weighted by Gasteiger charge is 2.45. The van der Waals surface area contributed by atoms with Crippen molar-refractivity contribution >= 4 is 23.6 Å². The minimum atomic E-state index is -1.27. The van der Waals surface area contributed by atoms with Crippen LogP contribution in [0.15, 0.2) is 54.6 Å². The first-order chi connectivity index (χ1) is 18.6. The number of phenols is 1. The summed E-state index contributed by atoms with van der Waals surface area (Å²) < 4.78 is 0. The van der Waals surface area contributed by atoms with Crippen molar-refractivity contribution in [3.05, 3.63) is 65.7 Å². The number of hydrogen-bond donors (Lipinski definition) is 5. The first-order valence-electron chi connectivity index (χ1n) is 13.3. The maximum Gasteiger partial charge on any atom is 0.255 e. The highest BCUT2D eigenvalue weighted by molar-refractivity contribution is 6.00. The van der Waals surface area contributed by atoms with E-state index in [-0.39, 0.29) is 29.6 Å². The van der Waals surface area contributed by atoms with E-state index in [1.807, 2.05) is 30.3 Å². The Morgan fingerprint density at radius 1 is 0.974 bits per heavy atom. The molecule has 39 heavy (non-hydrogen) atoms. The summed E-state index contributed by atoms with van der Waals surface area (Å²) in [4.78, 5) is 55.0. The lowest BCUT2D eigenvalue weighted by Gasteiger charge is -2.37. The quantitative estimate of drug-likeness (QED) is 0.385. The minimum Gasteiger partial charge on any atom is -0.507 e. The maximum absolute atomic E-state index is 13.7. The standard InChI is InChI=1S/C29H36N4O6/c1-16-25(35)21(15-18-9-5-4-6-10-18)31-27(37)23(32-26(36)20-11-7-8-12-22(20)34)17(2)30-28(38)24(19-13-14-19)33(3)29(16)39/h4-12,16-17,19,21,23-25,34-35H,13-15H2,1-3H3,(H,30,38)(H,31,37)(H,32,36)/t16-,17-,21+,23+,24?,25+/m1/s1. The van der Waals surface area contributed by atoms with E-state index in [1.54, 1.807) is 33.0 Å². The molecule has 2 aromatic carbocycles. The summed E-state index contributed by atoms with van der Waals surface area (Å²) in [7, 11) is 1.56. The summed E-state index contributed by atoms with van der Waals surface area (Å²) in [5.74, 6) is -3.34. The van der Waals surface area contributed by atoms with Crippen molar-refractivity contribution in [1.82, 2.24) is 20.9 Å². The number of para-hydroxylation sites is 1. The summed E-state index contributed by atoms with van der Waals surface area (Å²) in [5.41, 5.74) is 0.819. The van der Waals surface area contributed by atoms with Crippen LogP contribution in [0.25, 0.3) is 0 Å². The topological polar surface area (TPSA) is 148 Å². The number of nitrogens with one attached hydrogen (secondary N) is 3. The molecule has 0 bridgehead atoms. The van der Waals surface area contributed by atoms with Crippen LogP contribution in [0.5, 0.6) is 5.75 Å². The Balaban J connectivity index is 1.70. The van der Waals surface area contributed by atoms with E-state index in [1.165, 1.54) is 17.0 Å². The van der Waals surface area contributed by atoms with E-state index >= 15 is 0 Å². The Hall–Kier alpha value is -3.92. The van der Waals surface area contributed by atoms with Crippen molar-refractivity contribution in [3.63, 3.8) is 0 Å². The second kappa shape index (κ2) is 11.9. The number of likely N-dealkylation sites (N-methyl/N-ethyl adjacent to an activating group) is 1. The predicted molar refractivity (Wildman–Crippen MR) is 143 cm³/mol. The number of aromatic hydroxyl groups is 1. The molecule has 10 nitrogen and oxygen atoms in total. The van der Waals surface area contributed by atoms with Gasteiger partial charge in [-0.05, 0) is 49.8 Å². The molecule has 6 atom stereocenters. The Morgan fingerprint density at radius 3 is 2.26 bits per heavy atom. The van der Waals surface area contributed by atoms with Gasteiger partial charge in [-0.3, -0.25) is 19.2 Å². The first kappa shape index (κ1) is 28.1. The summed E-state index contributed by atoms with van der Waals surface area (Å²) >= 11 is 0. The zero-order valence-corrected chi connectivity index (χ0v) is 22.3. The summed E-state index contributed by atoms with van der Waals surface area (Å²) in [6, 6.07) is 11.5. The van der Waals surface area contributed by atoms with Gasteiger partial charge >= 0.3 is 0 Å². The molecule has 2 fully saturated rings. The number of carbonyl (C=O) groups excluding carboxylic acids is 4. The fourth-order valence-corrected chi connectivity index (χ4v) is 5.16. The van der Waals surface area contributed by atoms with Gasteiger partial charge in [0.15, 0.2) is 0 Å². The van der Waals surface area contributed by atoms with Crippen LogP contribution in [-0.4, -0.2) is 76.1 Å². The zero-order valence-electron chi connectivity index (χ0n) is 22.3. The number of amides is 4. The van der Waals surface area contributed by atoms with Crippen LogP contribution in [-0.2, 0) is 20.8 Å². The Bertz CT molecular complexity index is 1220. The van der Waals surface area contributed by atoms with Crippen LogP contribution < -0.4 is 16.0 Å². The molecular formula is C29H36N4O6. The lowest BCUT2D eigenvalue weighted by Crippen LogP contribution is -2.64. The van der Waals surface area contributed by atoms with E-state index in [0.29, 0.717) is 0 Å². The normalized spacial score (nSPS) is 28.5. The maximum atomic E-state index is 13.7. The van der Waals surface area contributed by atoms with Gasteiger partial charge in [-0.1, -0.05) is 49.4 Å². The molecule has 5 N–H and O–H groups in total. The Morgan fingerprint density at radius 2 is 1.62 bits per heavy atom. The van der Waals surface area contributed by atoms with Crippen LogP contribution in [0.2, 0.25) is 0 Å². The lowest BCUT2D eigenvalue weighted by molar-refractivity contribution is -0.147. The molecule has 1 unspecified atom stereocenters. The van der Waals surface area contributed by atoms with Gasteiger partial charge in [0.1, 0.15) is 17.8 Å². The van der Waals surface area contributed by atoms with Gasteiger partial charge in [-0.15, -0.1) is 0 Å². The number of aliphatic hydroxyl groups is 1. The molecule has 0 aromatic heterocycles. The minimum absolute atomic E-state index is 0.0226. The highest BCUT2D eigenvalue weighted by Crippen LogP contribution is 2.36. The predicted octanol–water partition coefficient (Wildman–Crippen LogP) is 0.970. The molecule has 1 saturated heterocycles. The number of benzene rings is 2. The van der Waals surface area contributed by atoms with Crippen LogP contribution >= 0.6 is 0 Å². The Kier molecular flexibility index (Phi) is 8.54. The van der Waals surface area contributed by atoms with Gasteiger partial charge in [0.2, 0.25) is 17.7 Å². The van der Waals surface area contributed by atoms with Crippen LogP contribution in [0.3, 0.4) is 0 Å². The van der Waals surface area contributed by atoms with Crippen LogP contribution in [0.4, 0.5) is 0 Å². The summed E-state index contributed by atoms with van der Waals surface area (Å²) in [5, 5.41) is 29.8. The van der Waals surface area contributed by atoms with Crippen LogP contribution in [0.1, 0.15) is 42.6 Å². The molecule has 10 heteroatoms. The van der Waals surface area contributed by atoms with Crippen LogP contribution in [0, 0.1) is 11.8 Å². The van der Waals surface area contributed by atoms with Crippen molar-refractivity contribution in [1.29, 1.82) is 0 Å². The van der Waals surface area contributed by atoms with E-state index in [9.17, 15) is 29.4 Å². The number of aliphatic hydroxyl groups excluding tert-OH is 1. The number of rotatable bonds is 5. The fourth-order valence-electron chi connectivity index (χ4n) is 5.16.